The van der Waals surface area contributed by atoms with Crippen LogP contribution in [0.2, 0.25) is 0 Å². The molecule has 1 heterocycles. The summed E-state index contributed by atoms with van der Waals surface area (Å²) in [5, 5.41) is 5.06. The summed E-state index contributed by atoms with van der Waals surface area (Å²) in [6.07, 6.45) is 1.52. The van der Waals surface area contributed by atoms with Crippen molar-refractivity contribution in [3.63, 3.8) is 0 Å². The summed E-state index contributed by atoms with van der Waals surface area (Å²) in [5.41, 5.74) is 4.75. The molecular weight excluding hydrogens is 398 g/mol. The van der Waals surface area contributed by atoms with Gasteiger partial charge in [0.25, 0.3) is 5.91 Å². The molecule has 0 fully saturated rings. The Morgan fingerprint density at radius 3 is 2.65 bits per heavy atom. The van der Waals surface area contributed by atoms with Gasteiger partial charge >= 0.3 is 0 Å². The van der Waals surface area contributed by atoms with Gasteiger partial charge in [0.15, 0.2) is 11.5 Å². The van der Waals surface area contributed by atoms with Crippen LogP contribution in [0.15, 0.2) is 52.0 Å². The standard InChI is InChI=1S/C19H18BrN3O3/c1-23-15-7-5-4-6-12(15)9-16(23)19(24)22-21-11-13-8-14(20)10-17(25-2)18(13)26-3/h4-11H,1-3H3,(H,22,24)/b21-11+. The number of methoxy groups -OCH3 is 2. The summed E-state index contributed by atoms with van der Waals surface area (Å²) in [7, 11) is 4.97. The average molecular weight is 416 g/mol. The number of ether oxygens (including phenoxy) is 2. The van der Waals surface area contributed by atoms with E-state index in [2.05, 4.69) is 26.5 Å². The molecule has 0 radical (unpaired) electrons. The largest absolute Gasteiger partial charge is 0.493 e. The molecule has 1 N–H and O–H groups in total. The number of fused-ring (bicyclic) bond motifs is 1. The normalized spacial score (nSPS) is 11.1. The molecule has 0 aliphatic carbocycles. The van der Waals surface area contributed by atoms with Crippen molar-refractivity contribution in [1.82, 2.24) is 9.99 Å². The van der Waals surface area contributed by atoms with Crippen LogP contribution in [0, 0.1) is 0 Å². The van der Waals surface area contributed by atoms with Crippen molar-refractivity contribution >= 4 is 39.0 Å². The fourth-order valence-electron chi connectivity index (χ4n) is 2.78. The van der Waals surface area contributed by atoms with Gasteiger partial charge in [-0.3, -0.25) is 4.79 Å². The molecule has 6 nitrogen and oxygen atoms in total. The molecular formula is C19H18BrN3O3. The van der Waals surface area contributed by atoms with Crippen LogP contribution in [0.4, 0.5) is 0 Å². The number of rotatable bonds is 5. The third-order valence-electron chi connectivity index (χ3n) is 4.03. The molecule has 26 heavy (non-hydrogen) atoms. The molecule has 0 bridgehead atoms. The van der Waals surface area contributed by atoms with Gasteiger partial charge in [0, 0.05) is 28.0 Å². The number of nitrogens with one attached hydrogen (secondary N) is 1. The quantitative estimate of drug-likeness (QED) is 0.509. The molecule has 2 aromatic carbocycles. The Labute approximate surface area is 159 Å². The number of aromatic nitrogens is 1. The second-order valence-corrected chi connectivity index (χ2v) is 6.49. The van der Waals surface area contributed by atoms with E-state index in [1.807, 2.05) is 48.0 Å². The van der Waals surface area contributed by atoms with Crippen LogP contribution in [-0.2, 0) is 7.05 Å². The molecule has 0 aliphatic rings. The third kappa shape index (κ3) is 3.43. The molecule has 0 atom stereocenters. The number of carbonyl (C=O) groups is 1. The van der Waals surface area contributed by atoms with E-state index in [-0.39, 0.29) is 5.91 Å². The Kier molecular flexibility index (Phi) is 5.27. The Bertz CT molecular complexity index is 995. The summed E-state index contributed by atoms with van der Waals surface area (Å²) in [5.74, 6) is 0.822. The lowest BCUT2D eigenvalue weighted by molar-refractivity contribution is 0.0947. The van der Waals surface area contributed by atoms with Crippen LogP contribution in [0.25, 0.3) is 10.9 Å². The maximum absolute atomic E-state index is 12.5. The van der Waals surface area contributed by atoms with Gasteiger partial charge in [-0.25, -0.2) is 5.43 Å². The first-order valence-corrected chi connectivity index (χ1v) is 8.64. The second-order valence-electron chi connectivity index (χ2n) is 5.58. The van der Waals surface area contributed by atoms with E-state index < -0.39 is 0 Å². The summed E-state index contributed by atoms with van der Waals surface area (Å²) in [6, 6.07) is 13.3. The fourth-order valence-corrected chi connectivity index (χ4v) is 3.23. The molecule has 0 saturated carbocycles. The number of carbonyl (C=O) groups excluding carboxylic acids is 1. The highest BCUT2D eigenvalue weighted by Crippen LogP contribution is 2.33. The van der Waals surface area contributed by atoms with Crippen LogP contribution >= 0.6 is 15.9 Å². The molecule has 3 aromatic rings. The van der Waals surface area contributed by atoms with Gasteiger partial charge in [0.1, 0.15) is 5.69 Å². The zero-order chi connectivity index (χ0) is 18.7. The number of hydrazone groups is 1. The van der Waals surface area contributed by atoms with Crippen LogP contribution in [0.3, 0.4) is 0 Å². The summed E-state index contributed by atoms with van der Waals surface area (Å²) in [6.45, 7) is 0. The Morgan fingerprint density at radius 2 is 1.96 bits per heavy atom. The molecule has 0 saturated heterocycles. The van der Waals surface area contributed by atoms with Gasteiger partial charge in [0.2, 0.25) is 0 Å². The molecule has 1 amide bonds. The number of aryl methyl sites for hydroxylation is 1. The predicted octanol–water partition coefficient (Wildman–Crippen LogP) is 3.72. The van der Waals surface area contributed by atoms with Crippen molar-refractivity contribution in [2.75, 3.05) is 14.2 Å². The minimum Gasteiger partial charge on any atom is -0.493 e. The number of nitrogens with zero attached hydrogens (tertiary/aromatic N) is 2. The van der Waals surface area contributed by atoms with Crippen molar-refractivity contribution in [3.05, 3.63) is 58.2 Å². The van der Waals surface area contributed by atoms with Crippen molar-refractivity contribution in [2.45, 2.75) is 0 Å². The summed E-state index contributed by atoms with van der Waals surface area (Å²) in [4.78, 5) is 12.5. The Hall–Kier alpha value is -2.80. The van der Waals surface area contributed by atoms with E-state index in [1.54, 1.807) is 20.3 Å². The number of hydrogen-bond acceptors (Lipinski definition) is 4. The highest BCUT2D eigenvalue weighted by molar-refractivity contribution is 9.10. The highest BCUT2D eigenvalue weighted by Gasteiger charge is 2.13. The predicted molar refractivity (Wildman–Crippen MR) is 105 cm³/mol. The van der Waals surface area contributed by atoms with Gasteiger partial charge in [-0.1, -0.05) is 34.1 Å². The second kappa shape index (κ2) is 7.61. The number of halogens is 1. The molecule has 3 rings (SSSR count). The van der Waals surface area contributed by atoms with Crippen molar-refractivity contribution in [2.24, 2.45) is 12.1 Å². The zero-order valence-electron chi connectivity index (χ0n) is 14.6. The number of hydrogen-bond donors (Lipinski definition) is 1. The first-order valence-electron chi connectivity index (χ1n) is 7.84. The van der Waals surface area contributed by atoms with Crippen molar-refractivity contribution < 1.29 is 14.3 Å². The Balaban J connectivity index is 1.83. The molecule has 134 valence electrons. The first-order chi connectivity index (χ1) is 12.5. The minimum absolute atomic E-state index is 0.291. The number of benzene rings is 2. The fraction of sp³-hybridized carbons (Fsp3) is 0.158. The molecule has 7 heteroatoms. The lowest BCUT2D eigenvalue weighted by Crippen LogP contribution is -2.20. The highest BCUT2D eigenvalue weighted by atomic mass is 79.9. The van der Waals surface area contributed by atoms with Crippen LogP contribution in [0.1, 0.15) is 16.1 Å². The van der Waals surface area contributed by atoms with Crippen LogP contribution < -0.4 is 14.9 Å². The van der Waals surface area contributed by atoms with E-state index in [9.17, 15) is 4.79 Å². The Morgan fingerprint density at radius 1 is 1.19 bits per heavy atom. The number of para-hydroxylation sites is 1. The average Bonchev–Trinajstić information content (AvgIpc) is 2.98. The zero-order valence-corrected chi connectivity index (χ0v) is 16.2. The number of amides is 1. The van der Waals surface area contributed by atoms with Gasteiger partial charge in [-0.2, -0.15) is 5.10 Å². The van der Waals surface area contributed by atoms with E-state index in [1.165, 1.54) is 6.21 Å². The monoisotopic (exact) mass is 415 g/mol. The lowest BCUT2D eigenvalue weighted by Gasteiger charge is -2.10. The summed E-state index contributed by atoms with van der Waals surface area (Å²) < 4.78 is 13.3. The smallest absolute Gasteiger partial charge is 0.287 e. The lowest BCUT2D eigenvalue weighted by atomic mass is 10.2. The minimum atomic E-state index is -0.291. The molecule has 0 unspecified atom stereocenters. The SMILES string of the molecule is COc1cc(Br)cc(/C=N/NC(=O)c2cc3ccccc3n2C)c1OC. The van der Waals surface area contributed by atoms with Gasteiger partial charge < -0.3 is 14.0 Å². The van der Waals surface area contributed by atoms with Gasteiger partial charge in [-0.05, 0) is 24.3 Å². The van der Waals surface area contributed by atoms with E-state index >= 15 is 0 Å². The topological polar surface area (TPSA) is 64.8 Å². The van der Waals surface area contributed by atoms with E-state index in [0.29, 0.717) is 22.8 Å². The van der Waals surface area contributed by atoms with Gasteiger partial charge in [-0.15, -0.1) is 0 Å². The van der Waals surface area contributed by atoms with E-state index in [0.717, 1.165) is 15.4 Å². The maximum atomic E-state index is 12.5. The van der Waals surface area contributed by atoms with Gasteiger partial charge in [0.05, 0.1) is 20.4 Å². The molecule has 1 aromatic heterocycles. The van der Waals surface area contributed by atoms with Crippen molar-refractivity contribution in [3.8, 4) is 11.5 Å². The summed E-state index contributed by atoms with van der Waals surface area (Å²) >= 11 is 3.42. The first kappa shape index (κ1) is 18.0. The molecule has 0 aliphatic heterocycles. The van der Waals surface area contributed by atoms with Crippen LogP contribution in [0.5, 0.6) is 11.5 Å². The maximum Gasteiger partial charge on any atom is 0.287 e. The molecule has 0 spiro atoms. The van der Waals surface area contributed by atoms with Crippen molar-refractivity contribution in [1.29, 1.82) is 0 Å². The van der Waals surface area contributed by atoms with Crippen LogP contribution in [-0.4, -0.2) is 30.9 Å². The third-order valence-corrected chi connectivity index (χ3v) is 4.48. The van der Waals surface area contributed by atoms with E-state index in [4.69, 9.17) is 9.47 Å².